The molecule has 0 bridgehead atoms. The Kier molecular flexibility index (Phi) is 3.82. The van der Waals surface area contributed by atoms with Crippen LogP contribution >= 0.6 is 9.90 Å². The molecular weight excluding hydrogens is 147 g/mol. The number of benzene rings is 1. The third-order valence-corrected chi connectivity index (χ3v) is 1.06. The van der Waals surface area contributed by atoms with Gasteiger partial charge in [-0.1, -0.05) is 0 Å². The maximum atomic E-state index is 10.5. The van der Waals surface area contributed by atoms with E-state index < -0.39 is 0 Å². The van der Waals surface area contributed by atoms with E-state index in [2.05, 4.69) is 0 Å². The van der Waals surface area contributed by atoms with Crippen LogP contribution in [0.25, 0.3) is 0 Å². The standard InChI is InChI=1S/C7H7O2.H3P/c1-9-7-4-2-6(8)3-5-7;/h2-5H,1H3;1H3. The normalized spacial score (nSPS) is 8.10. The fourth-order valence-electron chi connectivity index (χ4n) is 0.576. The summed E-state index contributed by atoms with van der Waals surface area (Å²) in [5, 5.41) is 10.5. The van der Waals surface area contributed by atoms with E-state index in [1.807, 2.05) is 0 Å². The minimum absolute atomic E-state index is 0. The van der Waals surface area contributed by atoms with Crippen molar-refractivity contribution < 1.29 is 9.84 Å². The van der Waals surface area contributed by atoms with Crippen LogP contribution in [0.2, 0.25) is 0 Å². The van der Waals surface area contributed by atoms with Crippen molar-refractivity contribution in [3.63, 3.8) is 0 Å². The number of hydrogen-bond acceptors (Lipinski definition) is 1. The van der Waals surface area contributed by atoms with Gasteiger partial charge in [-0.2, -0.15) is 9.90 Å². The lowest BCUT2D eigenvalue weighted by molar-refractivity contribution is 0.352. The van der Waals surface area contributed by atoms with E-state index in [1.165, 1.54) is 12.1 Å². The zero-order valence-electron chi connectivity index (χ0n) is 5.83. The van der Waals surface area contributed by atoms with Gasteiger partial charge in [-0.05, 0) is 24.3 Å². The van der Waals surface area contributed by atoms with Gasteiger partial charge in [0.2, 0.25) is 0 Å². The Balaban J connectivity index is 0.000000810. The zero-order chi connectivity index (χ0) is 6.69. The molecule has 0 saturated heterocycles. The summed E-state index contributed by atoms with van der Waals surface area (Å²) in [7, 11) is 1.57. The average Bonchev–Trinajstić information content (AvgIpc) is 1.90. The predicted molar refractivity (Wildman–Crippen MR) is 44.2 cm³/mol. The molecular formula is C7H10O2P. The van der Waals surface area contributed by atoms with Crippen LogP contribution in [0.3, 0.4) is 0 Å². The Morgan fingerprint density at radius 1 is 1.20 bits per heavy atom. The monoisotopic (exact) mass is 157 g/mol. The Hall–Kier alpha value is -0.750. The van der Waals surface area contributed by atoms with E-state index in [1.54, 1.807) is 19.2 Å². The Labute approximate surface area is 63.5 Å². The van der Waals surface area contributed by atoms with Crippen molar-refractivity contribution in [1.29, 1.82) is 0 Å². The van der Waals surface area contributed by atoms with Crippen molar-refractivity contribution in [3.8, 4) is 11.5 Å². The molecule has 1 aromatic rings. The fourth-order valence-corrected chi connectivity index (χ4v) is 0.576. The third kappa shape index (κ3) is 2.24. The average molecular weight is 157 g/mol. The maximum absolute atomic E-state index is 10.5. The molecule has 1 rings (SSSR count). The van der Waals surface area contributed by atoms with Crippen molar-refractivity contribution >= 4 is 9.90 Å². The number of methoxy groups -OCH3 is 1. The quantitative estimate of drug-likeness (QED) is 0.572. The summed E-state index contributed by atoms with van der Waals surface area (Å²) in [5.41, 5.74) is 0. The first-order valence-corrected chi connectivity index (χ1v) is 2.64. The lowest BCUT2D eigenvalue weighted by Crippen LogP contribution is -1.79. The number of ether oxygens (including phenoxy) is 1. The van der Waals surface area contributed by atoms with E-state index >= 15 is 0 Å². The molecule has 1 unspecified atom stereocenters. The SMILES string of the molecule is COc1ccc([O])cc1.P. The molecule has 3 heteroatoms. The second-order valence-corrected chi connectivity index (χ2v) is 1.68. The molecule has 1 aromatic carbocycles. The lowest BCUT2D eigenvalue weighted by atomic mass is 10.3. The highest BCUT2D eigenvalue weighted by Gasteiger charge is 1.89. The topological polar surface area (TPSA) is 29.1 Å². The first-order valence-electron chi connectivity index (χ1n) is 2.64. The van der Waals surface area contributed by atoms with Crippen LogP contribution in [-0.4, -0.2) is 7.11 Å². The number of hydrogen-bond donors (Lipinski definition) is 0. The summed E-state index contributed by atoms with van der Waals surface area (Å²) in [6.07, 6.45) is 0. The van der Waals surface area contributed by atoms with Crippen molar-refractivity contribution in [2.75, 3.05) is 7.11 Å². The molecule has 0 amide bonds. The minimum atomic E-state index is 0. The predicted octanol–water partition coefficient (Wildman–Crippen LogP) is 1.90. The van der Waals surface area contributed by atoms with Gasteiger partial charge in [-0.25, -0.2) is 0 Å². The van der Waals surface area contributed by atoms with Crippen LogP contribution in [0.15, 0.2) is 24.3 Å². The van der Waals surface area contributed by atoms with E-state index in [-0.39, 0.29) is 15.6 Å². The minimum Gasteiger partial charge on any atom is -0.497 e. The molecule has 55 valence electrons. The second-order valence-electron chi connectivity index (χ2n) is 1.68. The van der Waals surface area contributed by atoms with E-state index in [9.17, 15) is 5.11 Å². The van der Waals surface area contributed by atoms with Crippen LogP contribution in [-0.2, 0) is 5.11 Å². The van der Waals surface area contributed by atoms with E-state index in [0.29, 0.717) is 0 Å². The van der Waals surface area contributed by atoms with Gasteiger partial charge < -0.3 is 4.74 Å². The van der Waals surface area contributed by atoms with Gasteiger partial charge in [0.25, 0.3) is 0 Å². The molecule has 1 radical (unpaired) electrons. The summed E-state index contributed by atoms with van der Waals surface area (Å²) in [4.78, 5) is 0. The Morgan fingerprint density at radius 3 is 2.10 bits per heavy atom. The molecule has 0 aliphatic carbocycles. The summed E-state index contributed by atoms with van der Waals surface area (Å²) in [5.74, 6) is 0.727. The molecule has 0 aromatic heterocycles. The van der Waals surface area contributed by atoms with Gasteiger partial charge in [-0.15, -0.1) is 0 Å². The van der Waals surface area contributed by atoms with Crippen LogP contribution in [0.4, 0.5) is 0 Å². The van der Waals surface area contributed by atoms with Crippen molar-refractivity contribution in [1.82, 2.24) is 0 Å². The molecule has 0 spiro atoms. The largest absolute Gasteiger partial charge is 0.497 e. The smallest absolute Gasteiger partial charge is 0.178 e. The number of rotatable bonds is 1. The highest BCUT2D eigenvalue weighted by atomic mass is 31.0. The van der Waals surface area contributed by atoms with Gasteiger partial charge >= 0.3 is 0 Å². The van der Waals surface area contributed by atoms with Gasteiger partial charge in [0.15, 0.2) is 5.75 Å². The molecule has 0 N–H and O–H groups in total. The Bertz CT molecular complexity index is 183. The van der Waals surface area contributed by atoms with Crippen LogP contribution < -0.4 is 4.74 Å². The molecule has 2 nitrogen and oxygen atoms in total. The van der Waals surface area contributed by atoms with Crippen LogP contribution in [0.5, 0.6) is 11.5 Å². The fraction of sp³-hybridized carbons (Fsp3) is 0.143. The van der Waals surface area contributed by atoms with E-state index in [0.717, 1.165) is 5.75 Å². The molecule has 0 fully saturated rings. The highest BCUT2D eigenvalue weighted by Crippen LogP contribution is 2.15. The molecule has 10 heavy (non-hydrogen) atoms. The first kappa shape index (κ1) is 9.25. The molecule has 0 heterocycles. The summed E-state index contributed by atoms with van der Waals surface area (Å²) in [6.45, 7) is 0. The zero-order valence-corrected chi connectivity index (χ0v) is 7.25. The van der Waals surface area contributed by atoms with Crippen molar-refractivity contribution in [2.45, 2.75) is 0 Å². The lowest BCUT2D eigenvalue weighted by Gasteiger charge is -1.95. The van der Waals surface area contributed by atoms with E-state index in [4.69, 9.17) is 4.74 Å². The van der Waals surface area contributed by atoms with Gasteiger partial charge in [0.05, 0.1) is 7.11 Å². The van der Waals surface area contributed by atoms with Gasteiger partial charge in [0.1, 0.15) is 5.75 Å². The summed E-state index contributed by atoms with van der Waals surface area (Å²) < 4.78 is 4.83. The molecule has 0 aliphatic rings. The maximum Gasteiger partial charge on any atom is 0.178 e. The summed E-state index contributed by atoms with van der Waals surface area (Å²) in [6, 6.07) is 6.22. The third-order valence-electron chi connectivity index (χ3n) is 1.06. The van der Waals surface area contributed by atoms with Gasteiger partial charge in [0, 0.05) is 0 Å². The van der Waals surface area contributed by atoms with Crippen molar-refractivity contribution in [3.05, 3.63) is 24.3 Å². The van der Waals surface area contributed by atoms with Crippen LogP contribution in [0.1, 0.15) is 0 Å². The second kappa shape index (κ2) is 4.13. The molecule has 0 aliphatic heterocycles. The molecule has 1 atom stereocenters. The van der Waals surface area contributed by atoms with Gasteiger partial charge in [-0.3, -0.25) is 5.11 Å². The van der Waals surface area contributed by atoms with Crippen molar-refractivity contribution in [2.24, 2.45) is 0 Å². The highest BCUT2D eigenvalue weighted by molar-refractivity contribution is 6.92. The summed E-state index contributed by atoms with van der Waals surface area (Å²) >= 11 is 0. The molecule has 0 saturated carbocycles. The Morgan fingerprint density at radius 2 is 1.70 bits per heavy atom. The van der Waals surface area contributed by atoms with Crippen LogP contribution in [0, 0.1) is 0 Å². The first-order chi connectivity index (χ1) is 4.33.